The van der Waals surface area contributed by atoms with E-state index >= 15 is 0 Å². The number of halogens is 1. The molecule has 4 nitrogen and oxygen atoms in total. The maximum absolute atomic E-state index is 12.6. The summed E-state index contributed by atoms with van der Waals surface area (Å²) in [6, 6.07) is 3.69. The molecule has 3 rings (SSSR count). The van der Waals surface area contributed by atoms with Crippen LogP contribution in [0.15, 0.2) is 16.6 Å². The van der Waals surface area contributed by atoms with Gasteiger partial charge in [0.25, 0.3) is 0 Å². The predicted octanol–water partition coefficient (Wildman–Crippen LogP) is 3.02. The van der Waals surface area contributed by atoms with Crippen LogP contribution in [0.25, 0.3) is 0 Å². The number of rotatable bonds is 1. The van der Waals surface area contributed by atoms with Gasteiger partial charge >= 0.3 is 5.97 Å². The van der Waals surface area contributed by atoms with Crippen LogP contribution in [0.1, 0.15) is 41.6 Å². The van der Waals surface area contributed by atoms with E-state index in [2.05, 4.69) is 15.9 Å². The molecule has 1 fully saturated rings. The van der Waals surface area contributed by atoms with Gasteiger partial charge in [-0.15, -0.1) is 0 Å². The summed E-state index contributed by atoms with van der Waals surface area (Å²) in [6.45, 7) is 0. The summed E-state index contributed by atoms with van der Waals surface area (Å²) in [7, 11) is 3.17. The average molecular weight is 338 g/mol. The van der Waals surface area contributed by atoms with Crippen LogP contribution in [0.2, 0.25) is 0 Å². The molecule has 1 aliphatic carbocycles. The molecule has 106 valence electrons. The molecule has 0 radical (unpaired) electrons. The van der Waals surface area contributed by atoms with E-state index in [-0.39, 0.29) is 11.9 Å². The summed E-state index contributed by atoms with van der Waals surface area (Å²) in [5.74, 6) is -0.228. The van der Waals surface area contributed by atoms with E-state index in [1.807, 2.05) is 12.1 Å². The lowest BCUT2D eigenvalue weighted by atomic mass is 9.79. The minimum absolute atomic E-state index is 0.152. The van der Waals surface area contributed by atoms with Crippen molar-refractivity contribution in [2.75, 3.05) is 19.1 Å². The van der Waals surface area contributed by atoms with Crippen molar-refractivity contribution in [2.45, 2.75) is 31.1 Å². The van der Waals surface area contributed by atoms with Crippen molar-refractivity contribution < 1.29 is 14.3 Å². The molecule has 1 aromatic rings. The van der Waals surface area contributed by atoms with E-state index in [1.165, 1.54) is 7.11 Å². The fraction of sp³-hybridized carbons (Fsp3) is 0.467. The number of likely N-dealkylation sites (N-methyl/N-ethyl adjacent to an activating group) is 1. The van der Waals surface area contributed by atoms with Gasteiger partial charge < -0.3 is 9.64 Å². The number of carbonyl (C=O) groups is 2. The first-order valence-electron chi connectivity index (χ1n) is 6.72. The molecule has 2 aliphatic rings. The van der Waals surface area contributed by atoms with Crippen LogP contribution in [-0.4, -0.2) is 26.0 Å². The normalized spacial score (nSPS) is 19.6. The molecule has 1 saturated carbocycles. The van der Waals surface area contributed by atoms with E-state index in [0.29, 0.717) is 10.0 Å². The summed E-state index contributed by atoms with van der Waals surface area (Å²) >= 11 is 3.40. The zero-order valence-corrected chi connectivity index (χ0v) is 13.1. The number of carbonyl (C=O) groups excluding carboxylic acids is 2. The molecule has 0 unspecified atom stereocenters. The van der Waals surface area contributed by atoms with Gasteiger partial charge in [-0.2, -0.15) is 0 Å². The van der Waals surface area contributed by atoms with Crippen molar-refractivity contribution in [3.63, 3.8) is 0 Å². The smallest absolute Gasteiger partial charge is 0.339 e. The first-order chi connectivity index (χ1) is 9.51. The summed E-state index contributed by atoms with van der Waals surface area (Å²) < 4.78 is 5.48. The number of amides is 1. The van der Waals surface area contributed by atoms with Crippen LogP contribution in [0, 0.1) is 0 Å². The molecule has 1 spiro atoms. The fourth-order valence-electron chi connectivity index (χ4n) is 3.50. The van der Waals surface area contributed by atoms with Crippen molar-refractivity contribution >= 4 is 33.5 Å². The lowest BCUT2D eigenvalue weighted by Crippen LogP contribution is -2.36. The minimum Gasteiger partial charge on any atom is -0.465 e. The fourth-order valence-corrected chi connectivity index (χ4v) is 3.99. The third-order valence-electron chi connectivity index (χ3n) is 4.54. The van der Waals surface area contributed by atoms with Gasteiger partial charge in [-0.3, -0.25) is 4.79 Å². The van der Waals surface area contributed by atoms with Crippen LogP contribution < -0.4 is 4.90 Å². The number of anilines is 1. The van der Waals surface area contributed by atoms with Gasteiger partial charge in [0, 0.05) is 17.2 Å². The van der Waals surface area contributed by atoms with E-state index in [4.69, 9.17) is 4.74 Å². The molecule has 5 heteroatoms. The summed E-state index contributed by atoms with van der Waals surface area (Å²) in [5.41, 5.74) is 1.94. The molecule has 0 saturated heterocycles. The highest BCUT2D eigenvalue weighted by molar-refractivity contribution is 9.10. The average Bonchev–Trinajstić information content (AvgIpc) is 3.00. The van der Waals surface area contributed by atoms with Gasteiger partial charge in [-0.25, -0.2) is 4.79 Å². The number of nitrogens with zero attached hydrogens (tertiary/aromatic N) is 1. The SMILES string of the molecule is COC(=O)c1cc2c(cc1Br)N(C)C(=O)C21CCCC1. The van der Waals surface area contributed by atoms with Crippen LogP contribution in [0.4, 0.5) is 5.69 Å². The number of fused-ring (bicyclic) bond motifs is 2. The van der Waals surface area contributed by atoms with Crippen molar-refractivity contribution in [3.8, 4) is 0 Å². The highest BCUT2D eigenvalue weighted by Gasteiger charge is 2.51. The summed E-state index contributed by atoms with van der Waals surface area (Å²) in [4.78, 5) is 26.2. The molecule has 1 heterocycles. The molecule has 0 bridgehead atoms. The van der Waals surface area contributed by atoms with E-state index in [9.17, 15) is 9.59 Å². The van der Waals surface area contributed by atoms with Gasteiger partial charge in [-0.05, 0) is 46.5 Å². The summed E-state index contributed by atoms with van der Waals surface area (Å²) in [6.07, 6.45) is 3.85. The number of benzene rings is 1. The van der Waals surface area contributed by atoms with Crippen molar-refractivity contribution in [1.82, 2.24) is 0 Å². The second kappa shape index (κ2) is 4.58. The Bertz CT molecular complexity index is 605. The largest absolute Gasteiger partial charge is 0.465 e. The Hall–Kier alpha value is -1.36. The highest BCUT2D eigenvalue weighted by Crippen LogP contribution is 2.51. The Morgan fingerprint density at radius 1 is 1.35 bits per heavy atom. The van der Waals surface area contributed by atoms with E-state index < -0.39 is 5.41 Å². The monoisotopic (exact) mass is 337 g/mol. The molecule has 0 aromatic heterocycles. The first-order valence-corrected chi connectivity index (χ1v) is 7.51. The molecular weight excluding hydrogens is 322 g/mol. The van der Waals surface area contributed by atoms with E-state index in [1.54, 1.807) is 11.9 Å². The second-order valence-electron chi connectivity index (χ2n) is 5.49. The number of hydrogen-bond acceptors (Lipinski definition) is 3. The molecular formula is C15H16BrNO3. The highest BCUT2D eigenvalue weighted by atomic mass is 79.9. The lowest BCUT2D eigenvalue weighted by molar-refractivity contribution is -0.122. The Balaban J connectivity index is 2.21. The van der Waals surface area contributed by atoms with Crippen molar-refractivity contribution in [2.24, 2.45) is 0 Å². The topological polar surface area (TPSA) is 46.6 Å². The predicted molar refractivity (Wildman–Crippen MR) is 79.0 cm³/mol. The molecule has 20 heavy (non-hydrogen) atoms. The minimum atomic E-state index is -0.423. The molecule has 0 N–H and O–H groups in total. The number of esters is 1. The zero-order chi connectivity index (χ0) is 14.5. The molecule has 1 amide bonds. The number of ether oxygens (including phenoxy) is 1. The Morgan fingerprint density at radius 2 is 2.00 bits per heavy atom. The van der Waals surface area contributed by atoms with Gasteiger partial charge in [0.05, 0.1) is 18.1 Å². The van der Waals surface area contributed by atoms with Crippen LogP contribution >= 0.6 is 15.9 Å². The van der Waals surface area contributed by atoms with E-state index in [0.717, 1.165) is 36.9 Å². The van der Waals surface area contributed by atoms with Crippen molar-refractivity contribution in [3.05, 3.63) is 27.7 Å². The summed E-state index contributed by atoms with van der Waals surface area (Å²) in [5, 5.41) is 0. The maximum Gasteiger partial charge on any atom is 0.339 e. The Morgan fingerprint density at radius 3 is 2.60 bits per heavy atom. The van der Waals surface area contributed by atoms with Crippen LogP contribution in [0.3, 0.4) is 0 Å². The maximum atomic E-state index is 12.6. The standard InChI is InChI=1S/C15H16BrNO3/c1-17-12-8-11(16)9(13(18)20-2)7-10(12)15(14(17)19)5-3-4-6-15/h7-8H,3-6H2,1-2H3. The quantitative estimate of drug-likeness (QED) is 0.740. The van der Waals surface area contributed by atoms with Gasteiger partial charge in [-0.1, -0.05) is 12.8 Å². The molecule has 1 aliphatic heterocycles. The third kappa shape index (κ3) is 1.65. The molecule has 0 atom stereocenters. The van der Waals surface area contributed by atoms with Crippen LogP contribution in [-0.2, 0) is 14.9 Å². The van der Waals surface area contributed by atoms with Crippen molar-refractivity contribution in [1.29, 1.82) is 0 Å². The third-order valence-corrected chi connectivity index (χ3v) is 5.19. The lowest BCUT2D eigenvalue weighted by Gasteiger charge is -2.22. The van der Waals surface area contributed by atoms with Gasteiger partial charge in [0.2, 0.25) is 5.91 Å². The Labute approximate surface area is 126 Å². The zero-order valence-electron chi connectivity index (χ0n) is 11.5. The number of hydrogen-bond donors (Lipinski definition) is 0. The van der Waals surface area contributed by atoms with Gasteiger partial charge in [0.1, 0.15) is 0 Å². The Kier molecular flexibility index (Phi) is 3.12. The second-order valence-corrected chi connectivity index (χ2v) is 6.35. The molecule has 1 aromatic carbocycles. The first kappa shape index (κ1) is 13.6. The van der Waals surface area contributed by atoms with Crippen LogP contribution in [0.5, 0.6) is 0 Å². The number of methoxy groups -OCH3 is 1. The van der Waals surface area contributed by atoms with Gasteiger partial charge in [0.15, 0.2) is 0 Å².